The number of carbonyl (C=O) groups excluding carboxylic acids is 1. The Bertz CT molecular complexity index is 472. The fraction of sp³-hybridized carbons (Fsp3) is 0.538. The second kappa shape index (κ2) is 4.94. The largest absolute Gasteiger partial charge is 0.365 e. The van der Waals surface area contributed by atoms with Gasteiger partial charge in [0.1, 0.15) is 5.82 Å². The highest BCUT2D eigenvalue weighted by molar-refractivity contribution is 5.98. The third kappa shape index (κ3) is 2.46. The van der Waals surface area contributed by atoms with Crippen molar-refractivity contribution < 1.29 is 4.79 Å². The monoisotopic (exact) mass is 248 g/mol. The molecule has 4 N–H and O–H groups in total. The van der Waals surface area contributed by atoms with E-state index in [9.17, 15) is 4.79 Å². The molecule has 5 heteroatoms. The van der Waals surface area contributed by atoms with Crippen molar-refractivity contribution in [1.82, 2.24) is 4.98 Å². The molecule has 1 aliphatic heterocycles. The van der Waals surface area contributed by atoms with Gasteiger partial charge in [-0.25, -0.2) is 4.98 Å². The lowest BCUT2D eigenvalue weighted by molar-refractivity contribution is 0.1000. The van der Waals surface area contributed by atoms with Gasteiger partial charge in [0.25, 0.3) is 5.91 Å². The van der Waals surface area contributed by atoms with Crippen LogP contribution in [-0.4, -0.2) is 30.0 Å². The van der Waals surface area contributed by atoms with Crippen LogP contribution in [0.3, 0.4) is 0 Å². The molecule has 0 aromatic carbocycles. The Morgan fingerprint density at radius 3 is 2.83 bits per heavy atom. The summed E-state index contributed by atoms with van der Waals surface area (Å²) in [4.78, 5) is 18.1. The molecule has 0 radical (unpaired) electrons. The van der Waals surface area contributed by atoms with Crippen molar-refractivity contribution in [3.05, 3.63) is 22.9 Å². The Kier molecular flexibility index (Phi) is 3.52. The summed E-state index contributed by atoms with van der Waals surface area (Å²) in [6.07, 6.45) is 2.04. The molecule has 2 rings (SSSR count). The first-order valence-corrected chi connectivity index (χ1v) is 6.27. The van der Waals surface area contributed by atoms with Gasteiger partial charge in [0.2, 0.25) is 0 Å². The lowest BCUT2D eigenvalue weighted by atomic mass is 10.0. The molecule has 18 heavy (non-hydrogen) atoms. The molecule has 1 saturated heterocycles. The van der Waals surface area contributed by atoms with Gasteiger partial charge in [-0.2, -0.15) is 0 Å². The summed E-state index contributed by atoms with van der Waals surface area (Å²) in [6.45, 7) is 5.48. The fourth-order valence-corrected chi connectivity index (χ4v) is 2.32. The molecule has 1 atom stereocenters. The third-order valence-corrected chi connectivity index (χ3v) is 3.47. The summed E-state index contributed by atoms with van der Waals surface area (Å²) in [6, 6.07) is 1.96. The number of hydrogen-bond acceptors (Lipinski definition) is 4. The Labute approximate surface area is 107 Å². The molecule has 1 aromatic rings. The average molecular weight is 248 g/mol. The van der Waals surface area contributed by atoms with Crippen molar-refractivity contribution in [1.29, 1.82) is 0 Å². The lowest BCUT2D eigenvalue weighted by Crippen LogP contribution is -2.44. The summed E-state index contributed by atoms with van der Waals surface area (Å²) < 4.78 is 0. The van der Waals surface area contributed by atoms with Gasteiger partial charge in [-0.1, -0.05) is 0 Å². The molecule has 2 heterocycles. The Morgan fingerprint density at radius 2 is 2.22 bits per heavy atom. The number of primary amides is 1. The van der Waals surface area contributed by atoms with Gasteiger partial charge >= 0.3 is 0 Å². The van der Waals surface area contributed by atoms with Gasteiger partial charge in [0.05, 0.1) is 5.56 Å². The summed E-state index contributed by atoms with van der Waals surface area (Å²) >= 11 is 0. The minimum absolute atomic E-state index is 0.142. The number of nitrogens with two attached hydrogens (primary N) is 2. The van der Waals surface area contributed by atoms with Crippen molar-refractivity contribution in [2.75, 3.05) is 18.0 Å². The van der Waals surface area contributed by atoms with Gasteiger partial charge in [-0.3, -0.25) is 4.79 Å². The van der Waals surface area contributed by atoms with Crippen molar-refractivity contribution in [2.45, 2.75) is 32.7 Å². The predicted octanol–water partition coefficient (Wildman–Crippen LogP) is 0.725. The fourth-order valence-electron chi connectivity index (χ4n) is 2.32. The van der Waals surface area contributed by atoms with Crippen LogP contribution in [0.4, 0.5) is 5.82 Å². The summed E-state index contributed by atoms with van der Waals surface area (Å²) in [5.74, 6) is 0.250. The first-order chi connectivity index (χ1) is 8.49. The highest BCUT2D eigenvalue weighted by atomic mass is 16.1. The smallest absolute Gasteiger partial charge is 0.252 e. The molecule has 98 valence electrons. The number of carbonyl (C=O) groups is 1. The van der Waals surface area contributed by atoms with E-state index in [2.05, 4.69) is 9.88 Å². The van der Waals surface area contributed by atoms with E-state index in [0.29, 0.717) is 11.4 Å². The molecule has 1 amide bonds. The highest BCUT2D eigenvalue weighted by Gasteiger charge is 2.22. The molecule has 1 aliphatic rings. The standard InChI is InChI=1S/C13H20N4O/c1-8-6-11(12(15)18)13(16-9(8)2)17-5-3-4-10(14)7-17/h6,10H,3-5,7,14H2,1-2H3,(H2,15,18). The molecule has 0 spiro atoms. The molecule has 5 nitrogen and oxygen atoms in total. The molecule has 1 unspecified atom stereocenters. The van der Waals surface area contributed by atoms with E-state index in [1.165, 1.54) is 0 Å². The number of anilines is 1. The van der Waals surface area contributed by atoms with Gasteiger partial charge in [0, 0.05) is 24.8 Å². The molecular formula is C13H20N4O. The molecular weight excluding hydrogens is 228 g/mol. The van der Waals surface area contributed by atoms with Gasteiger partial charge in [-0.05, 0) is 38.3 Å². The maximum absolute atomic E-state index is 11.5. The van der Waals surface area contributed by atoms with Crippen LogP contribution in [0.1, 0.15) is 34.5 Å². The van der Waals surface area contributed by atoms with Gasteiger partial charge in [0.15, 0.2) is 0 Å². The number of nitrogens with zero attached hydrogens (tertiary/aromatic N) is 2. The lowest BCUT2D eigenvalue weighted by Gasteiger charge is -2.32. The first kappa shape index (κ1) is 12.8. The SMILES string of the molecule is Cc1cc(C(N)=O)c(N2CCCC(N)C2)nc1C. The van der Waals surface area contributed by atoms with E-state index in [0.717, 1.165) is 37.2 Å². The van der Waals surface area contributed by atoms with Crippen molar-refractivity contribution in [3.63, 3.8) is 0 Å². The molecule has 0 bridgehead atoms. The van der Waals surface area contributed by atoms with E-state index in [1.54, 1.807) is 0 Å². The Balaban J connectivity index is 2.41. The van der Waals surface area contributed by atoms with E-state index in [1.807, 2.05) is 19.9 Å². The third-order valence-electron chi connectivity index (χ3n) is 3.47. The average Bonchev–Trinajstić information content (AvgIpc) is 2.31. The van der Waals surface area contributed by atoms with Crippen molar-refractivity contribution in [2.24, 2.45) is 11.5 Å². The van der Waals surface area contributed by atoms with Crippen molar-refractivity contribution in [3.8, 4) is 0 Å². The predicted molar refractivity (Wildman–Crippen MR) is 71.7 cm³/mol. The quantitative estimate of drug-likeness (QED) is 0.807. The first-order valence-electron chi connectivity index (χ1n) is 6.27. The zero-order chi connectivity index (χ0) is 13.3. The zero-order valence-electron chi connectivity index (χ0n) is 10.9. The number of rotatable bonds is 2. The van der Waals surface area contributed by atoms with Gasteiger partial charge < -0.3 is 16.4 Å². The van der Waals surface area contributed by atoms with Crippen LogP contribution in [0.15, 0.2) is 6.07 Å². The van der Waals surface area contributed by atoms with Crippen LogP contribution in [0.25, 0.3) is 0 Å². The number of piperidine rings is 1. The van der Waals surface area contributed by atoms with Crippen LogP contribution >= 0.6 is 0 Å². The normalized spacial score (nSPS) is 19.9. The molecule has 0 aliphatic carbocycles. The van der Waals surface area contributed by atoms with Crippen LogP contribution in [0, 0.1) is 13.8 Å². The van der Waals surface area contributed by atoms with E-state index in [-0.39, 0.29) is 6.04 Å². The van der Waals surface area contributed by atoms with E-state index < -0.39 is 5.91 Å². The Hall–Kier alpha value is -1.62. The van der Waals surface area contributed by atoms with E-state index >= 15 is 0 Å². The van der Waals surface area contributed by atoms with Crippen molar-refractivity contribution >= 4 is 11.7 Å². The number of hydrogen-bond donors (Lipinski definition) is 2. The minimum Gasteiger partial charge on any atom is -0.365 e. The molecule has 1 fully saturated rings. The number of pyridine rings is 1. The van der Waals surface area contributed by atoms with Crippen LogP contribution in [-0.2, 0) is 0 Å². The molecule has 0 saturated carbocycles. The number of aromatic nitrogens is 1. The van der Waals surface area contributed by atoms with Crippen LogP contribution in [0.2, 0.25) is 0 Å². The summed E-state index contributed by atoms with van der Waals surface area (Å²) in [5.41, 5.74) is 13.8. The van der Waals surface area contributed by atoms with E-state index in [4.69, 9.17) is 11.5 Å². The number of aryl methyl sites for hydroxylation is 2. The van der Waals surface area contributed by atoms with Crippen LogP contribution < -0.4 is 16.4 Å². The zero-order valence-corrected chi connectivity index (χ0v) is 10.9. The summed E-state index contributed by atoms with van der Waals surface area (Å²) in [7, 11) is 0. The topological polar surface area (TPSA) is 85.2 Å². The second-order valence-corrected chi connectivity index (χ2v) is 4.97. The highest BCUT2D eigenvalue weighted by Crippen LogP contribution is 2.23. The minimum atomic E-state index is -0.431. The summed E-state index contributed by atoms with van der Waals surface area (Å²) in [5, 5.41) is 0. The van der Waals surface area contributed by atoms with Gasteiger partial charge in [-0.15, -0.1) is 0 Å². The van der Waals surface area contributed by atoms with Crippen LogP contribution in [0.5, 0.6) is 0 Å². The number of amides is 1. The maximum atomic E-state index is 11.5. The maximum Gasteiger partial charge on any atom is 0.252 e. The second-order valence-electron chi connectivity index (χ2n) is 4.97. The Morgan fingerprint density at radius 1 is 1.50 bits per heavy atom. The molecule has 1 aromatic heterocycles.